The third-order valence-corrected chi connectivity index (χ3v) is 5.96. The van der Waals surface area contributed by atoms with Gasteiger partial charge < -0.3 is 19.7 Å². The Labute approximate surface area is 177 Å². The molecule has 1 aliphatic carbocycles. The molecule has 1 aromatic rings. The molecule has 1 fully saturated rings. The fourth-order valence-corrected chi connectivity index (χ4v) is 4.67. The highest BCUT2D eigenvalue weighted by Crippen LogP contribution is 2.46. The lowest BCUT2D eigenvalue weighted by Gasteiger charge is -2.40. The Balaban J connectivity index is 1.84. The van der Waals surface area contributed by atoms with Crippen molar-refractivity contribution >= 4 is 11.7 Å². The number of benzene rings is 1. The van der Waals surface area contributed by atoms with Crippen molar-refractivity contribution in [3.8, 4) is 5.75 Å². The van der Waals surface area contributed by atoms with Crippen molar-refractivity contribution in [2.75, 3.05) is 26.3 Å². The second kappa shape index (κ2) is 8.64. The van der Waals surface area contributed by atoms with Crippen LogP contribution in [0.3, 0.4) is 0 Å². The minimum absolute atomic E-state index is 0.00610. The Bertz CT molecular complexity index is 896. The summed E-state index contributed by atoms with van der Waals surface area (Å²) < 4.78 is 11.5. The normalized spacial score (nSPS) is 24.3. The molecular weight excluding hydrogens is 380 g/mol. The van der Waals surface area contributed by atoms with Gasteiger partial charge in [-0.05, 0) is 33.3 Å². The molecular formula is C24H30N2O4. The van der Waals surface area contributed by atoms with Crippen molar-refractivity contribution in [2.45, 2.75) is 45.6 Å². The van der Waals surface area contributed by atoms with Gasteiger partial charge in [-0.1, -0.05) is 24.3 Å². The Kier molecular flexibility index (Phi) is 5.95. The second-order valence-corrected chi connectivity index (χ2v) is 8.39. The summed E-state index contributed by atoms with van der Waals surface area (Å²) in [6.07, 6.45) is 3.32. The molecule has 0 spiro atoms. The lowest BCUT2D eigenvalue weighted by atomic mass is 9.70. The number of carbonyl (C=O) groups excluding carboxylic acids is 2. The molecule has 3 aliphatic rings. The van der Waals surface area contributed by atoms with Gasteiger partial charge in [-0.15, -0.1) is 0 Å². The highest BCUT2D eigenvalue weighted by Gasteiger charge is 2.44. The van der Waals surface area contributed by atoms with Crippen molar-refractivity contribution in [1.82, 2.24) is 10.2 Å². The zero-order valence-corrected chi connectivity index (χ0v) is 17.9. The van der Waals surface area contributed by atoms with Gasteiger partial charge in [-0.25, -0.2) is 0 Å². The number of allylic oxidation sites excluding steroid dienone is 3. The number of hydrogen-bond acceptors (Lipinski definition) is 5. The van der Waals surface area contributed by atoms with Gasteiger partial charge in [0.2, 0.25) is 0 Å². The van der Waals surface area contributed by atoms with Gasteiger partial charge in [-0.3, -0.25) is 9.59 Å². The van der Waals surface area contributed by atoms with E-state index < -0.39 is 0 Å². The third-order valence-electron chi connectivity index (χ3n) is 5.96. The summed E-state index contributed by atoms with van der Waals surface area (Å²) in [6.45, 7) is 8.10. The Morgan fingerprint density at radius 3 is 2.67 bits per heavy atom. The molecule has 0 radical (unpaired) electrons. The van der Waals surface area contributed by atoms with Crippen molar-refractivity contribution < 1.29 is 19.1 Å². The van der Waals surface area contributed by atoms with Crippen LogP contribution in [0.15, 0.2) is 47.3 Å². The maximum Gasteiger partial charge on any atom is 0.252 e. The minimum atomic E-state index is -0.389. The van der Waals surface area contributed by atoms with E-state index in [1.807, 2.05) is 49.9 Å². The number of fused-ring (bicyclic) bond motifs is 1. The first-order valence-electron chi connectivity index (χ1n) is 10.8. The van der Waals surface area contributed by atoms with Crippen molar-refractivity contribution in [1.29, 1.82) is 0 Å². The average Bonchev–Trinajstić information content (AvgIpc) is 2.73. The lowest BCUT2D eigenvalue weighted by Crippen LogP contribution is -2.47. The summed E-state index contributed by atoms with van der Waals surface area (Å²) in [5.41, 5.74) is 3.28. The van der Waals surface area contributed by atoms with E-state index in [9.17, 15) is 9.59 Å². The molecule has 0 aromatic heterocycles. The maximum atomic E-state index is 13.7. The van der Waals surface area contributed by atoms with Crippen LogP contribution in [0.5, 0.6) is 5.75 Å². The topological polar surface area (TPSA) is 67.9 Å². The van der Waals surface area contributed by atoms with Gasteiger partial charge in [0.1, 0.15) is 11.5 Å². The van der Waals surface area contributed by atoms with Crippen molar-refractivity contribution in [3.05, 3.63) is 52.9 Å². The lowest BCUT2D eigenvalue weighted by molar-refractivity contribution is -0.132. The summed E-state index contributed by atoms with van der Waals surface area (Å²) in [5.74, 6) is 0.126. The Hall–Kier alpha value is -2.60. The zero-order chi connectivity index (χ0) is 21.3. The first kappa shape index (κ1) is 20.7. The molecule has 1 N–H and O–H groups in total. The predicted molar refractivity (Wildman–Crippen MR) is 114 cm³/mol. The number of rotatable bonds is 4. The first-order valence-corrected chi connectivity index (χ1v) is 10.8. The number of amides is 1. The highest BCUT2D eigenvalue weighted by molar-refractivity contribution is 5.99. The molecule has 2 heterocycles. The average molecular weight is 411 g/mol. The molecule has 1 amide bonds. The fraction of sp³-hybridized carbons (Fsp3) is 0.500. The van der Waals surface area contributed by atoms with Crippen LogP contribution in [0, 0.1) is 5.92 Å². The molecule has 0 bridgehead atoms. The maximum absolute atomic E-state index is 13.7. The molecule has 6 heteroatoms. The number of para-hydroxylation sites is 1. The number of hydrogen-bond donors (Lipinski definition) is 1. The molecule has 2 unspecified atom stereocenters. The van der Waals surface area contributed by atoms with Gasteiger partial charge >= 0.3 is 0 Å². The van der Waals surface area contributed by atoms with Gasteiger partial charge in [0, 0.05) is 48.0 Å². The predicted octanol–water partition coefficient (Wildman–Crippen LogP) is 3.16. The number of carbonyl (C=O) groups is 2. The molecule has 6 nitrogen and oxygen atoms in total. The van der Waals surface area contributed by atoms with E-state index in [1.165, 1.54) is 0 Å². The standard InChI is InChI=1S/C24H30N2O4/c1-15(2)30-20-10-5-4-7-17(20)22-21(24(28)26-11-13-29-14-12-26)16(3)25-18-8-6-9-19(27)23(18)22/h4-5,7-8,10,15,22-23,25H,6,9,11-14H2,1-3H3. The van der Waals surface area contributed by atoms with Gasteiger partial charge in [0.25, 0.3) is 5.91 Å². The SMILES string of the molecule is CC1=C(C(=O)N2CCOCC2)C(c2ccccc2OC(C)C)C2C(=O)CCC=C2N1. The van der Waals surface area contributed by atoms with Crippen LogP contribution in [0.1, 0.15) is 45.1 Å². The molecule has 2 atom stereocenters. The summed E-state index contributed by atoms with van der Waals surface area (Å²) in [6, 6.07) is 7.81. The van der Waals surface area contributed by atoms with E-state index in [0.717, 1.165) is 29.1 Å². The second-order valence-electron chi connectivity index (χ2n) is 8.39. The Morgan fingerprint density at radius 1 is 1.20 bits per heavy atom. The van der Waals surface area contributed by atoms with Crippen LogP contribution in [-0.4, -0.2) is 49.0 Å². The van der Waals surface area contributed by atoms with Crippen molar-refractivity contribution in [3.63, 3.8) is 0 Å². The van der Waals surface area contributed by atoms with Crippen LogP contribution in [0.2, 0.25) is 0 Å². The molecule has 2 aliphatic heterocycles. The summed E-state index contributed by atoms with van der Waals surface area (Å²) in [7, 11) is 0. The minimum Gasteiger partial charge on any atom is -0.491 e. The molecule has 1 saturated heterocycles. The smallest absolute Gasteiger partial charge is 0.252 e. The van der Waals surface area contributed by atoms with Gasteiger partial charge in [-0.2, -0.15) is 0 Å². The van der Waals surface area contributed by atoms with Crippen LogP contribution < -0.4 is 10.1 Å². The molecule has 4 rings (SSSR count). The van der Waals surface area contributed by atoms with Crippen LogP contribution in [-0.2, 0) is 14.3 Å². The quantitative estimate of drug-likeness (QED) is 0.826. The number of ketones is 1. The van der Waals surface area contributed by atoms with Crippen LogP contribution in [0.25, 0.3) is 0 Å². The van der Waals surface area contributed by atoms with Crippen molar-refractivity contribution in [2.24, 2.45) is 5.92 Å². The van der Waals surface area contributed by atoms with Crippen LogP contribution >= 0.6 is 0 Å². The summed E-state index contributed by atoms with van der Waals surface area (Å²) in [4.78, 5) is 28.6. The number of ether oxygens (including phenoxy) is 2. The third kappa shape index (κ3) is 3.88. The zero-order valence-electron chi connectivity index (χ0n) is 17.9. The number of nitrogens with one attached hydrogen (secondary N) is 1. The van der Waals surface area contributed by atoms with E-state index in [1.54, 1.807) is 0 Å². The highest BCUT2D eigenvalue weighted by atomic mass is 16.5. The van der Waals surface area contributed by atoms with Gasteiger partial charge in [0.05, 0.1) is 25.2 Å². The number of Topliss-reactive ketones (excluding diaryl/α,β-unsaturated/α-hetero) is 1. The summed E-state index contributed by atoms with van der Waals surface area (Å²) in [5, 5.41) is 3.38. The number of nitrogens with zero attached hydrogens (tertiary/aromatic N) is 1. The van der Waals surface area contributed by atoms with E-state index in [2.05, 4.69) is 11.4 Å². The largest absolute Gasteiger partial charge is 0.491 e. The fourth-order valence-electron chi connectivity index (χ4n) is 4.67. The van der Waals surface area contributed by atoms with E-state index in [4.69, 9.17) is 9.47 Å². The molecule has 30 heavy (non-hydrogen) atoms. The summed E-state index contributed by atoms with van der Waals surface area (Å²) >= 11 is 0. The van der Waals surface area contributed by atoms with E-state index in [-0.39, 0.29) is 29.6 Å². The van der Waals surface area contributed by atoms with E-state index >= 15 is 0 Å². The first-order chi connectivity index (χ1) is 14.5. The molecule has 0 saturated carbocycles. The Morgan fingerprint density at radius 2 is 1.93 bits per heavy atom. The molecule has 160 valence electrons. The van der Waals surface area contributed by atoms with Gasteiger partial charge in [0.15, 0.2) is 0 Å². The molecule has 1 aromatic carbocycles. The monoisotopic (exact) mass is 410 g/mol. The van der Waals surface area contributed by atoms with Crippen LogP contribution in [0.4, 0.5) is 0 Å². The van der Waals surface area contributed by atoms with E-state index in [0.29, 0.717) is 38.3 Å². The number of morpholine rings is 1.